The van der Waals surface area contributed by atoms with E-state index >= 15 is 0 Å². The number of hydrogen-bond acceptors (Lipinski definition) is 3. The maximum Gasteiger partial charge on any atom is 0.0959 e. The molecule has 0 spiro atoms. The lowest BCUT2D eigenvalue weighted by atomic mass is 10.1. The van der Waals surface area contributed by atoms with Crippen molar-refractivity contribution in [3.8, 4) is 0 Å². The van der Waals surface area contributed by atoms with Crippen LogP contribution < -0.4 is 0 Å². The Morgan fingerprint density at radius 1 is 0.829 bits per heavy atom. The smallest absolute Gasteiger partial charge is 0.0959 e. The number of thiocarbonyl (C=S) groups is 1. The molecule has 1 heterocycles. The van der Waals surface area contributed by atoms with Crippen LogP contribution in [0.1, 0.15) is 74.4 Å². The Morgan fingerprint density at radius 3 is 1.97 bits per heavy atom. The van der Waals surface area contributed by atoms with Crippen molar-refractivity contribution in [2.45, 2.75) is 59.0 Å². The fraction of sp³-hybridized carbons (Fsp3) is 0.323. The molecule has 4 heteroatoms. The molecule has 1 unspecified atom stereocenters. The number of hydrogen-bond donors (Lipinski definition) is 0. The van der Waals surface area contributed by atoms with Gasteiger partial charge in [-0.2, -0.15) is 0 Å². The first kappa shape index (κ1) is 25.6. The summed E-state index contributed by atoms with van der Waals surface area (Å²) in [5.41, 5.74) is 6.62. The highest BCUT2D eigenvalue weighted by atomic mass is 32.1. The molecule has 2 nitrogen and oxygen atoms in total. The van der Waals surface area contributed by atoms with Crippen LogP contribution in [0.15, 0.2) is 91.1 Å². The third-order valence-corrected chi connectivity index (χ3v) is 10.2. The molecule has 3 aromatic rings. The van der Waals surface area contributed by atoms with E-state index in [1.165, 1.54) is 32.8 Å². The summed E-state index contributed by atoms with van der Waals surface area (Å²) in [5.74, 6) is 0. The molecular formula is C31H37N2PS. The molecule has 0 N–H and O–H groups in total. The summed E-state index contributed by atoms with van der Waals surface area (Å²) in [7, 11) is -0.590. The van der Waals surface area contributed by atoms with Crippen LogP contribution in [0.3, 0.4) is 0 Å². The van der Waals surface area contributed by atoms with Crippen LogP contribution >= 0.6 is 20.4 Å². The third-order valence-electron chi connectivity index (χ3n) is 6.90. The first-order valence-electron chi connectivity index (χ1n) is 12.7. The Labute approximate surface area is 218 Å². The summed E-state index contributed by atoms with van der Waals surface area (Å²) >= 11 is 5.59. The van der Waals surface area contributed by atoms with E-state index in [0.29, 0.717) is 6.04 Å². The Bertz CT molecular complexity index is 1130. The van der Waals surface area contributed by atoms with Crippen molar-refractivity contribution < 1.29 is 0 Å². The first-order chi connectivity index (χ1) is 17.0. The van der Waals surface area contributed by atoms with Gasteiger partial charge in [-0.3, -0.25) is 0 Å². The number of rotatable bonds is 10. The summed E-state index contributed by atoms with van der Waals surface area (Å²) in [6, 6.07) is 31.5. The predicted molar refractivity (Wildman–Crippen MR) is 156 cm³/mol. The normalized spacial score (nSPS) is 17.3. The van der Waals surface area contributed by atoms with Crippen LogP contribution in [0.4, 0.5) is 0 Å². The average Bonchev–Trinajstić information content (AvgIpc) is 3.28. The van der Waals surface area contributed by atoms with E-state index in [9.17, 15) is 0 Å². The summed E-state index contributed by atoms with van der Waals surface area (Å²) in [6.45, 7) is 9.04. The summed E-state index contributed by atoms with van der Waals surface area (Å²) in [5, 5.41) is 0. The highest BCUT2D eigenvalue weighted by Gasteiger charge is 2.38. The zero-order valence-electron chi connectivity index (χ0n) is 21.4. The minimum Gasteiger partial charge on any atom is -0.331 e. The molecule has 182 valence electrons. The molecule has 0 aromatic heterocycles. The van der Waals surface area contributed by atoms with Gasteiger partial charge in [0.25, 0.3) is 0 Å². The van der Waals surface area contributed by atoms with Crippen LogP contribution in [0.2, 0.25) is 0 Å². The van der Waals surface area contributed by atoms with Crippen LogP contribution in [0.25, 0.3) is 5.70 Å². The summed E-state index contributed by atoms with van der Waals surface area (Å²) in [4.78, 5) is 1.19. The SMILES string of the molecule is CCC(=S)CCCP1N([C@@H](C)c2ccccc2)C=C(c2ccc(C)cc2)N1[C@@H](C)c1ccccc1. The third kappa shape index (κ3) is 6.02. The minimum atomic E-state index is -0.590. The van der Waals surface area contributed by atoms with Crippen LogP contribution in [-0.2, 0) is 0 Å². The van der Waals surface area contributed by atoms with E-state index in [0.717, 1.165) is 25.4 Å². The largest absolute Gasteiger partial charge is 0.331 e. The minimum absolute atomic E-state index is 0.279. The molecule has 0 fully saturated rings. The number of benzene rings is 3. The van der Waals surface area contributed by atoms with Crippen molar-refractivity contribution in [1.82, 2.24) is 9.34 Å². The Balaban J connectivity index is 1.76. The van der Waals surface area contributed by atoms with Gasteiger partial charge >= 0.3 is 0 Å². The molecule has 3 aromatic carbocycles. The van der Waals surface area contributed by atoms with Crippen LogP contribution in [0.5, 0.6) is 0 Å². The number of aryl methyl sites for hydroxylation is 1. The molecule has 1 aliphatic rings. The van der Waals surface area contributed by atoms with Crippen molar-refractivity contribution in [2.24, 2.45) is 0 Å². The standard InChI is InChI=1S/C31H37N2PS/c1-5-30(35)17-12-22-34-32(25(3)27-13-8-6-9-14-27)23-31(29-20-18-24(2)19-21-29)33(34)26(4)28-15-10-7-11-16-28/h6-11,13-16,18-21,23,25-26H,5,12,17,22H2,1-4H3/t25-,26-,34?/m0/s1. The lowest BCUT2D eigenvalue weighted by molar-refractivity contribution is 0.449. The van der Waals surface area contributed by atoms with E-state index in [4.69, 9.17) is 12.2 Å². The Hall–Kier alpha value is -2.48. The number of nitrogens with zero attached hydrogens (tertiary/aromatic N) is 2. The van der Waals surface area contributed by atoms with E-state index in [1.54, 1.807) is 0 Å². The van der Waals surface area contributed by atoms with Gasteiger partial charge in [0.15, 0.2) is 0 Å². The van der Waals surface area contributed by atoms with Gasteiger partial charge in [-0.05, 0) is 61.6 Å². The molecule has 35 heavy (non-hydrogen) atoms. The van der Waals surface area contributed by atoms with Gasteiger partial charge < -0.3 is 9.34 Å². The first-order valence-corrected chi connectivity index (χ1v) is 14.6. The van der Waals surface area contributed by atoms with E-state index < -0.39 is 8.22 Å². The topological polar surface area (TPSA) is 6.48 Å². The highest BCUT2D eigenvalue weighted by molar-refractivity contribution is 7.80. The Morgan fingerprint density at radius 2 is 1.40 bits per heavy atom. The van der Waals surface area contributed by atoms with Gasteiger partial charge in [0.1, 0.15) is 0 Å². The van der Waals surface area contributed by atoms with Crippen molar-refractivity contribution in [3.05, 3.63) is 113 Å². The van der Waals surface area contributed by atoms with Crippen LogP contribution in [0, 0.1) is 6.92 Å². The fourth-order valence-corrected chi connectivity index (χ4v) is 7.69. The predicted octanol–water partition coefficient (Wildman–Crippen LogP) is 9.31. The van der Waals surface area contributed by atoms with E-state index in [2.05, 4.69) is 128 Å². The zero-order chi connectivity index (χ0) is 24.8. The second-order valence-electron chi connectivity index (χ2n) is 9.37. The average molecular weight is 501 g/mol. The molecule has 4 rings (SSSR count). The van der Waals surface area contributed by atoms with Gasteiger partial charge in [0, 0.05) is 12.4 Å². The lowest BCUT2D eigenvalue weighted by Gasteiger charge is -2.40. The molecule has 1 aliphatic heterocycles. The van der Waals surface area contributed by atoms with Gasteiger partial charge in [-0.25, -0.2) is 0 Å². The van der Waals surface area contributed by atoms with Crippen LogP contribution in [-0.4, -0.2) is 20.4 Å². The molecule has 0 aliphatic carbocycles. The molecule has 0 bridgehead atoms. The zero-order valence-corrected chi connectivity index (χ0v) is 23.1. The summed E-state index contributed by atoms with van der Waals surface area (Å²) in [6.07, 6.45) is 6.73. The van der Waals surface area contributed by atoms with Gasteiger partial charge in [0.05, 0.1) is 26.0 Å². The summed E-state index contributed by atoms with van der Waals surface area (Å²) < 4.78 is 5.36. The highest BCUT2D eigenvalue weighted by Crippen LogP contribution is 2.61. The molecule has 0 saturated heterocycles. The van der Waals surface area contributed by atoms with Gasteiger partial charge in [-0.15, -0.1) is 0 Å². The monoisotopic (exact) mass is 500 g/mol. The van der Waals surface area contributed by atoms with Gasteiger partial charge in [0.2, 0.25) is 0 Å². The molecule has 0 saturated carbocycles. The molecule has 0 radical (unpaired) electrons. The van der Waals surface area contributed by atoms with Crippen molar-refractivity contribution >= 4 is 31.0 Å². The maximum atomic E-state index is 5.59. The second kappa shape index (κ2) is 12.0. The molecule has 0 amide bonds. The second-order valence-corrected chi connectivity index (χ2v) is 12.0. The fourth-order valence-electron chi connectivity index (χ4n) is 4.71. The quantitative estimate of drug-likeness (QED) is 0.202. The Kier molecular flexibility index (Phi) is 8.76. The molecule has 3 atom stereocenters. The van der Waals surface area contributed by atoms with Crippen molar-refractivity contribution in [1.29, 1.82) is 0 Å². The van der Waals surface area contributed by atoms with Crippen molar-refractivity contribution in [3.63, 3.8) is 0 Å². The maximum absolute atomic E-state index is 5.59. The van der Waals surface area contributed by atoms with E-state index in [1.807, 2.05) is 0 Å². The lowest BCUT2D eigenvalue weighted by Crippen LogP contribution is -2.24. The van der Waals surface area contributed by atoms with Gasteiger partial charge in [-0.1, -0.05) is 110 Å². The molecular weight excluding hydrogens is 463 g/mol. The van der Waals surface area contributed by atoms with Crippen molar-refractivity contribution in [2.75, 3.05) is 6.16 Å². The van der Waals surface area contributed by atoms with E-state index in [-0.39, 0.29) is 6.04 Å².